The lowest BCUT2D eigenvalue weighted by Crippen LogP contribution is -2.19. The van der Waals surface area contributed by atoms with E-state index in [0.717, 1.165) is 17.7 Å². The van der Waals surface area contributed by atoms with Crippen molar-refractivity contribution in [3.05, 3.63) is 59.4 Å². The van der Waals surface area contributed by atoms with Crippen LogP contribution < -0.4 is 9.47 Å². The molecule has 5 heteroatoms. The van der Waals surface area contributed by atoms with Gasteiger partial charge in [-0.2, -0.15) is 5.26 Å². The van der Waals surface area contributed by atoms with E-state index < -0.39 is 11.8 Å². The van der Waals surface area contributed by atoms with Gasteiger partial charge in [-0.25, -0.2) is 9.18 Å². The summed E-state index contributed by atoms with van der Waals surface area (Å²) in [5, 5.41) is 8.74. The molecule has 0 bridgehead atoms. The van der Waals surface area contributed by atoms with Crippen LogP contribution in [0, 0.1) is 29.0 Å². The minimum atomic E-state index is -0.718. The smallest absolute Gasteiger partial charge is 0.343 e. The largest absolute Gasteiger partial charge is 0.493 e. The molecule has 28 heavy (non-hydrogen) atoms. The Bertz CT molecular complexity index is 849. The molecular weight excluding hydrogens is 357 g/mol. The van der Waals surface area contributed by atoms with Gasteiger partial charge in [0.1, 0.15) is 23.4 Å². The second-order valence-corrected chi connectivity index (χ2v) is 7.27. The normalized spacial score (nSPS) is 18.9. The van der Waals surface area contributed by atoms with Gasteiger partial charge in [0.05, 0.1) is 17.7 Å². The lowest BCUT2D eigenvalue weighted by molar-refractivity contribution is 0.0734. The van der Waals surface area contributed by atoms with E-state index in [1.54, 1.807) is 30.3 Å². The van der Waals surface area contributed by atoms with Gasteiger partial charge in [0.2, 0.25) is 0 Å². The summed E-state index contributed by atoms with van der Waals surface area (Å²) in [6.45, 7) is 2.96. The molecule has 1 aliphatic rings. The van der Waals surface area contributed by atoms with Crippen LogP contribution >= 0.6 is 0 Å². The number of esters is 1. The molecule has 0 unspecified atom stereocenters. The van der Waals surface area contributed by atoms with E-state index in [0.29, 0.717) is 18.1 Å². The molecule has 0 aliphatic heterocycles. The van der Waals surface area contributed by atoms with Gasteiger partial charge >= 0.3 is 5.97 Å². The molecule has 146 valence electrons. The number of carbonyl (C=O) groups is 1. The molecule has 0 saturated heterocycles. The van der Waals surface area contributed by atoms with Crippen molar-refractivity contribution in [1.29, 1.82) is 5.26 Å². The highest BCUT2D eigenvalue weighted by atomic mass is 19.1. The highest BCUT2D eigenvalue weighted by Gasteiger charge is 2.20. The van der Waals surface area contributed by atoms with Crippen molar-refractivity contribution < 1.29 is 18.7 Å². The number of carbonyl (C=O) groups excluding carboxylic acids is 1. The predicted molar refractivity (Wildman–Crippen MR) is 104 cm³/mol. The summed E-state index contributed by atoms with van der Waals surface area (Å²) in [4.78, 5) is 12.2. The Morgan fingerprint density at radius 2 is 1.71 bits per heavy atom. The first kappa shape index (κ1) is 19.9. The molecule has 1 fully saturated rings. The van der Waals surface area contributed by atoms with Gasteiger partial charge in [0.15, 0.2) is 0 Å². The third kappa shape index (κ3) is 5.10. The van der Waals surface area contributed by atoms with Crippen LogP contribution in [0.1, 0.15) is 54.9 Å². The minimum Gasteiger partial charge on any atom is -0.493 e. The van der Waals surface area contributed by atoms with E-state index >= 15 is 0 Å². The van der Waals surface area contributed by atoms with Crippen LogP contribution in [-0.4, -0.2) is 12.6 Å². The Balaban J connectivity index is 1.51. The molecule has 2 aromatic carbocycles. The van der Waals surface area contributed by atoms with Crippen LogP contribution in [0.3, 0.4) is 0 Å². The van der Waals surface area contributed by atoms with E-state index in [-0.39, 0.29) is 11.3 Å². The quantitative estimate of drug-likeness (QED) is 0.489. The van der Waals surface area contributed by atoms with Crippen LogP contribution in [0.5, 0.6) is 11.5 Å². The maximum absolute atomic E-state index is 13.6. The van der Waals surface area contributed by atoms with E-state index in [4.69, 9.17) is 14.7 Å². The molecular formula is C23H24FNO3. The monoisotopic (exact) mass is 381 g/mol. The van der Waals surface area contributed by atoms with Crippen molar-refractivity contribution in [2.75, 3.05) is 6.61 Å². The Morgan fingerprint density at radius 3 is 2.32 bits per heavy atom. The van der Waals surface area contributed by atoms with E-state index in [1.165, 1.54) is 44.2 Å². The first-order valence-electron chi connectivity index (χ1n) is 9.73. The van der Waals surface area contributed by atoms with Gasteiger partial charge in [-0.05, 0) is 61.1 Å². The summed E-state index contributed by atoms with van der Waals surface area (Å²) in [5.74, 6) is 0.936. The van der Waals surface area contributed by atoms with Gasteiger partial charge in [0.25, 0.3) is 0 Å². The molecule has 4 nitrogen and oxygen atoms in total. The lowest BCUT2D eigenvalue weighted by atomic mass is 9.81. The maximum Gasteiger partial charge on any atom is 0.343 e. The standard InChI is InChI=1S/C23H24FNO3/c1-2-16-3-5-17(6-4-16)15-27-20-10-7-18(8-11-20)23(26)28-21-12-9-19(14-25)22(24)13-21/h7-13,16-17H,2-6,15H2,1H3/t16-,17-. The Kier molecular flexibility index (Phi) is 6.65. The summed E-state index contributed by atoms with van der Waals surface area (Å²) in [5.41, 5.74) is 0.255. The molecule has 1 aliphatic carbocycles. The highest BCUT2D eigenvalue weighted by molar-refractivity contribution is 5.91. The lowest BCUT2D eigenvalue weighted by Gasteiger charge is -2.27. The van der Waals surface area contributed by atoms with Crippen LogP contribution in [0.25, 0.3) is 0 Å². The van der Waals surface area contributed by atoms with Gasteiger partial charge < -0.3 is 9.47 Å². The number of nitriles is 1. The second-order valence-electron chi connectivity index (χ2n) is 7.27. The Labute approximate surface area is 164 Å². The first-order valence-corrected chi connectivity index (χ1v) is 9.73. The van der Waals surface area contributed by atoms with Gasteiger partial charge in [-0.15, -0.1) is 0 Å². The predicted octanol–water partition coefficient (Wildman–Crippen LogP) is 5.51. The summed E-state index contributed by atoms with van der Waals surface area (Å²) in [7, 11) is 0. The Morgan fingerprint density at radius 1 is 1.07 bits per heavy atom. The third-order valence-corrected chi connectivity index (χ3v) is 5.39. The number of rotatable bonds is 6. The average molecular weight is 381 g/mol. The average Bonchev–Trinajstić information content (AvgIpc) is 2.73. The van der Waals surface area contributed by atoms with Crippen LogP contribution in [-0.2, 0) is 0 Å². The fourth-order valence-electron chi connectivity index (χ4n) is 3.52. The summed E-state index contributed by atoms with van der Waals surface area (Å²) in [6, 6.07) is 12.2. The fourth-order valence-corrected chi connectivity index (χ4v) is 3.52. The molecule has 0 amide bonds. The molecule has 0 N–H and O–H groups in total. The number of halogens is 1. The number of hydrogen-bond acceptors (Lipinski definition) is 4. The number of benzene rings is 2. The van der Waals surface area contributed by atoms with Gasteiger partial charge in [-0.1, -0.05) is 26.2 Å². The SMILES string of the molecule is CC[C@H]1CC[C@H](COc2ccc(C(=O)Oc3ccc(C#N)c(F)c3)cc2)CC1. The topological polar surface area (TPSA) is 59.3 Å². The minimum absolute atomic E-state index is 0.0597. The van der Waals surface area contributed by atoms with Crippen molar-refractivity contribution in [3.63, 3.8) is 0 Å². The van der Waals surface area contributed by atoms with E-state index in [9.17, 15) is 9.18 Å². The highest BCUT2D eigenvalue weighted by Crippen LogP contribution is 2.31. The van der Waals surface area contributed by atoms with E-state index in [2.05, 4.69) is 6.92 Å². The van der Waals surface area contributed by atoms with Crippen molar-refractivity contribution in [2.45, 2.75) is 39.0 Å². The fraction of sp³-hybridized carbons (Fsp3) is 0.391. The first-order chi connectivity index (χ1) is 13.6. The summed E-state index contributed by atoms with van der Waals surface area (Å²) >= 11 is 0. The molecule has 0 radical (unpaired) electrons. The molecule has 0 atom stereocenters. The number of nitrogens with zero attached hydrogens (tertiary/aromatic N) is 1. The van der Waals surface area contributed by atoms with Crippen molar-refractivity contribution in [1.82, 2.24) is 0 Å². The third-order valence-electron chi connectivity index (χ3n) is 5.39. The molecule has 1 saturated carbocycles. The number of hydrogen-bond donors (Lipinski definition) is 0. The zero-order valence-electron chi connectivity index (χ0n) is 16.0. The van der Waals surface area contributed by atoms with Crippen molar-refractivity contribution in [2.24, 2.45) is 11.8 Å². The zero-order valence-corrected chi connectivity index (χ0v) is 16.0. The van der Waals surface area contributed by atoms with Crippen LogP contribution in [0.2, 0.25) is 0 Å². The zero-order chi connectivity index (χ0) is 19.9. The van der Waals surface area contributed by atoms with Gasteiger partial charge in [-0.3, -0.25) is 0 Å². The molecule has 2 aromatic rings. The molecule has 0 aromatic heterocycles. The molecule has 0 spiro atoms. The molecule has 3 rings (SSSR count). The van der Waals surface area contributed by atoms with Crippen molar-refractivity contribution >= 4 is 5.97 Å². The Hall–Kier alpha value is -2.87. The summed E-state index contributed by atoms with van der Waals surface area (Å²) < 4.78 is 24.6. The second kappa shape index (κ2) is 9.36. The maximum atomic E-state index is 13.6. The summed E-state index contributed by atoms with van der Waals surface area (Å²) in [6.07, 6.45) is 6.25. The van der Waals surface area contributed by atoms with E-state index in [1.807, 2.05) is 0 Å². The molecule has 0 heterocycles. The number of ether oxygens (including phenoxy) is 2. The van der Waals surface area contributed by atoms with Crippen LogP contribution in [0.15, 0.2) is 42.5 Å². The van der Waals surface area contributed by atoms with Crippen molar-refractivity contribution in [3.8, 4) is 17.6 Å². The van der Waals surface area contributed by atoms with Gasteiger partial charge in [0, 0.05) is 6.07 Å². The van der Waals surface area contributed by atoms with Crippen LogP contribution in [0.4, 0.5) is 4.39 Å².